The number of carbonyl (C=O) groups excluding carboxylic acids is 1. The summed E-state index contributed by atoms with van der Waals surface area (Å²) in [5.41, 5.74) is 2.46. The Bertz CT molecular complexity index is 1660. The predicted molar refractivity (Wildman–Crippen MR) is 143 cm³/mol. The van der Waals surface area contributed by atoms with E-state index < -0.39 is 5.60 Å². The van der Waals surface area contributed by atoms with Crippen LogP contribution in [-0.4, -0.2) is 25.4 Å². The van der Waals surface area contributed by atoms with Crippen molar-refractivity contribution in [1.82, 2.24) is 14.3 Å². The molecule has 0 atom stereocenters. The van der Waals surface area contributed by atoms with Crippen molar-refractivity contribution < 1.29 is 9.90 Å². The number of rotatable bonds is 6. The average molecular weight is 482 g/mol. The third-order valence-electron chi connectivity index (χ3n) is 6.20. The second kappa shape index (κ2) is 8.98. The van der Waals surface area contributed by atoms with Crippen LogP contribution in [0.25, 0.3) is 21.7 Å². The van der Waals surface area contributed by atoms with Gasteiger partial charge in [0.15, 0.2) is 0 Å². The van der Waals surface area contributed by atoms with Gasteiger partial charge in [-0.05, 0) is 67.3 Å². The van der Waals surface area contributed by atoms with Crippen molar-refractivity contribution in [3.05, 3.63) is 95.0 Å². The van der Waals surface area contributed by atoms with Gasteiger partial charge in [0.1, 0.15) is 6.54 Å². The number of aliphatic hydroxyl groups is 1. The van der Waals surface area contributed by atoms with Gasteiger partial charge in [-0.1, -0.05) is 24.3 Å². The first-order chi connectivity index (χ1) is 17.2. The van der Waals surface area contributed by atoms with Crippen LogP contribution in [0.1, 0.15) is 19.4 Å². The Hall–Kier alpha value is -4.43. The molecule has 3 N–H and O–H groups in total. The minimum atomic E-state index is -1.03. The molecule has 0 unspecified atom stereocenters. The van der Waals surface area contributed by atoms with E-state index in [1.165, 1.54) is 4.57 Å². The Morgan fingerprint density at radius 2 is 1.81 bits per heavy atom. The van der Waals surface area contributed by atoms with Gasteiger partial charge in [-0.2, -0.15) is 5.10 Å². The maximum atomic E-state index is 13.4. The van der Waals surface area contributed by atoms with Gasteiger partial charge in [0.25, 0.3) is 5.56 Å². The zero-order chi connectivity index (χ0) is 25.4. The molecular weight excluding hydrogens is 454 g/mol. The molecule has 0 saturated carbocycles. The van der Waals surface area contributed by atoms with Crippen LogP contribution in [0.15, 0.2) is 83.9 Å². The molecule has 0 saturated heterocycles. The highest BCUT2D eigenvalue weighted by molar-refractivity contribution is 5.96. The predicted octanol–water partition coefficient (Wildman–Crippen LogP) is 4.50. The molecule has 2 aromatic heterocycles. The van der Waals surface area contributed by atoms with Crippen molar-refractivity contribution in [3.8, 4) is 0 Å². The summed E-state index contributed by atoms with van der Waals surface area (Å²) in [6.45, 7) is 3.23. The van der Waals surface area contributed by atoms with Gasteiger partial charge in [0.05, 0.1) is 28.4 Å². The van der Waals surface area contributed by atoms with E-state index in [0.717, 1.165) is 22.0 Å². The lowest BCUT2D eigenvalue weighted by Gasteiger charge is -2.18. The quantitative estimate of drug-likeness (QED) is 0.332. The van der Waals surface area contributed by atoms with Gasteiger partial charge >= 0.3 is 0 Å². The first kappa shape index (κ1) is 23.3. The van der Waals surface area contributed by atoms with E-state index >= 15 is 0 Å². The standard InChI is InChI=1S/C28H27N5O3/c1-28(2,36)20-7-5-8-21(15-20)31-25(34)17-33-13-12-18-6-4-9-23(26(18)27(33)35)30-22-10-11-24-19(14-22)16-29-32(24)3/h4-16,30,36H,17H2,1-3H3,(H,31,34). The molecule has 2 heterocycles. The molecule has 3 aromatic carbocycles. The second-order valence-corrected chi connectivity index (χ2v) is 9.37. The molecule has 0 aliphatic carbocycles. The van der Waals surface area contributed by atoms with E-state index in [2.05, 4.69) is 15.7 Å². The first-order valence-electron chi connectivity index (χ1n) is 11.6. The molecule has 0 radical (unpaired) electrons. The molecule has 0 spiro atoms. The summed E-state index contributed by atoms with van der Waals surface area (Å²) < 4.78 is 3.20. The van der Waals surface area contributed by atoms with Crippen LogP contribution in [0.4, 0.5) is 17.1 Å². The number of pyridine rings is 1. The molecule has 0 bridgehead atoms. The number of aromatic nitrogens is 3. The van der Waals surface area contributed by atoms with Gasteiger partial charge < -0.3 is 20.3 Å². The Labute approximate surface area is 207 Å². The highest BCUT2D eigenvalue weighted by Gasteiger charge is 2.17. The fraction of sp³-hybridized carbons (Fsp3) is 0.179. The average Bonchev–Trinajstić information content (AvgIpc) is 3.20. The summed E-state index contributed by atoms with van der Waals surface area (Å²) in [6, 6.07) is 20.4. The van der Waals surface area contributed by atoms with E-state index in [0.29, 0.717) is 22.3 Å². The summed E-state index contributed by atoms with van der Waals surface area (Å²) in [5.74, 6) is -0.336. The Morgan fingerprint density at radius 3 is 2.61 bits per heavy atom. The third kappa shape index (κ3) is 4.58. The van der Waals surface area contributed by atoms with E-state index in [1.807, 2.05) is 54.2 Å². The van der Waals surface area contributed by atoms with Crippen molar-refractivity contribution in [2.24, 2.45) is 7.05 Å². The molecule has 0 aliphatic rings. The minimum absolute atomic E-state index is 0.141. The van der Waals surface area contributed by atoms with Gasteiger partial charge in [-0.25, -0.2) is 0 Å². The summed E-state index contributed by atoms with van der Waals surface area (Å²) in [5, 5.41) is 23.0. The number of aryl methyl sites for hydroxylation is 1. The van der Waals surface area contributed by atoms with Gasteiger partial charge in [-0.15, -0.1) is 0 Å². The van der Waals surface area contributed by atoms with Crippen LogP contribution in [0.3, 0.4) is 0 Å². The largest absolute Gasteiger partial charge is 0.386 e. The Morgan fingerprint density at radius 1 is 1.00 bits per heavy atom. The molecule has 8 heteroatoms. The summed E-state index contributed by atoms with van der Waals surface area (Å²) >= 11 is 0. The normalized spacial score (nSPS) is 11.7. The highest BCUT2D eigenvalue weighted by Crippen LogP contribution is 2.26. The minimum Gasteiger partial charge on any atom is -0.386 e. The molecule has 0 fully saturated rings. The summed E-state index contributed by atoms with van der Waals surface area (Å²) in [7, 11) is 1.89. The van der Waals surface area contributed by atoms with Crippen molar-refractivity contribution in [1.29, 1.82) is 0 Å². The molecule has 5 rings (SSSR count). The number of benzene rings is 3. The SMILES string of the molecule is Cn1ncc2cc(Nc3cccc4ccn(CC(=O)Nc5cccc(C(C)(C)O)c5)c(=O)c34)ccc21. The number of nitrogens with one attached hydrogen (secondary N) is 2. The summed E-state index contributed by atoms with van der Waals surface area (Å²) in [6.07, 6.45) is 3.43. The fourth-order valence-corrected chi connectivity index (χ4v) is 4.29. The maximum absolute atomic E-state index is 13.4. The second-order valence-electron chi connectivity index (χ2n) is 9.37. The van der Waals surface area contributed by atoms with Gasteiger partial charge in [-0.3, -0.25) is 14.3 Å². The van der Waals surface area contributed by atoms with Crippen LogP contribution in [0, 0.1) is 0 Å². The van der Waals surface area contributed by atoms with Crippen LogP contribution in [-0.2, 0) is 24.0 Å². The van der Waals surface area contributed by atoms with E-state index in [9.17, 15) is 14.7 Å². The number of hydrogen-bond acceptors (Lipinski definition) is 5. The fourth-order valence-electron chi connectivity index (χ4n) is 4.29. The Balaban J connectivity index is 1.42. The van der Waals surface area contributed by atoms with Crippen molar-refractivity contribution in [3.63, 3.8) is 0 Å². The van der Waals surface area contributed by atoms with Crippen molar-refractivity contribution in [2.45, 2.75) is 26.0 Å². The highest BCUT2D eigenvalue weighted by atomic mass is 16.3. The van der Waals surface area contributed by atoms with E-state index in [-0.39, 0.29) is 18.0 Å². The van der Waals surface area contributed by atoms with E-state index in [1.54, 1.807) is 50.5 Å². The maximum Gasteiger partial charge on any atom is 0.261 e. The third-order valence-corrected chi connectivity index (χ3v) is 6.20. The van der Waals surface area contributed by atoms with Crippen LogP contribution in [0.2, 0.25) is 0 Å². The summed E-state index contributed by atoms with van der Waals surface area (Å²) in [4.78, 5) is 26.2. The lowest BCUT2D eigenvalue weighted by Crippen LogP contribution is -2.27. The van der Waals surface area contributed by atoms with Crippen LogP contribution >= 0.6 is 0 Å². The lowest BCUT2D eigenvalue weighted by molar-refractivity contribution is -0.116. The number of nitrogens with zero attached hydrogens (tertiary/aromatic N) is 3. The van der Waals surface area contributed by atoms with Crippen LogP contribution in [0.5, 0.6) is 0 Å². The number of carbonyl (C=O) groups is 1. The monoisotopic (exact) mass is 481 g/mol. The van der Waals surface area contributed by atoms with Gasteiger partial charge in [0.2, 0.25) is 5.91 Å². The smallest absolute Gasteiger partial charge is 0.261 e. The molecule has 0 aliphatic heterocycles. The van der Waals surface area contributed by atoms with Crippen molar-refractivity contribution >= 4 is 44.6 Å². The number of hydrogen-bond donors (Lipinski definition) is 3. The van der Waals surface area contributed by atoms with Gasteiger partial charge in [0, 0.05) is 30.0 Å². The van der Waals surface area contributed by atoms with E-state index in [4.69, 9.17) is 0 Å². The molecule has 182 valence electrons. The molecule has 5 aromatic rings. The van der Waals surface area contributed by atoms with Crippen LogP contribution < -0.4 is 16.2 Å². The Kier molecular flexibility index (Phi) is 5.81. The molecule has 36 heavy (non-hydrogen) atoms. The zero-order valence-corrected chi connectivity index (χ0v) is 20.3. The lowest BCUT2D eigenvalue weighted by atomic mass is 9.98. The number of fused-ring (bicyclic) bond motifs is 2. The van der Waals surface area contributed by atoms with Crippen molar-refractivity contribution in [2.75, 3.05) is 10.6 Å². The molecule has 1 amide bonds. The topological polar surface area (TPSA) is 101 Å². The number of amides is 1. The molecule has 8 nitrogen and oxygen atoms in total. The first-order valence-corrected chi connectivity index (χ1v) is 11.6. The molecular formula is C28H27N5O3. The number of anilines is 3. The zero-order valence-electron chi connectivity index (χ0n) is 20.3.